The number of nitrogen functional groups attached to an aromatic ring is 1. The van der Waals surface area contributed by atoms with Crippen LogP contribution in [0.25, 0.3) is 0 Å². The highest BCUT2D eigenvalue weighted by atomic mass is 16.3. The van der Waals surface area contributed by atoms with Crippen molar-refractivity contribution in [3.63, 3.8) is 0 Å². The molecule has 0 radical (unpaired) electrons. The maximum atomic E-state index is 6.16. The summed E-state index contributed by atoms with van der Waals surface area (Å²) in [5.41, 5.74) is 7.89. The number of aryl methyl sites for hydroxylation is 2. The van der Waals surface area contributed by atoms with Gasteiger partial charge in [-0.2, -0.15) is 5.10 Å². The smallest absolute Gasteiger partial charge is 0.150 e. The van der Waals surface area contributed by atoms with Gasteiger partial charge >= 0.3 is 0 Å². The molecule has 0 saturated heterocycles. The van der Waals surface area contributed by atoms with Crippen LogP contribution in [0.1, 0.15) is 25.3 Å². The van der Waals surface area contributed by atoms with Crippen LogP contribution in [0.4, 0.5) is 11.5 Å². The van der Waals surface area contributed by atoms with Crippen LogP contribution < -0.4 is 10.6 Å². The first-order chi connectivity index (χ1) is 8.67. The maximum Gasteiger partial charge on any atom is 0.150 e. The molecule has 0 fully saturated rings. The summed E-state index contributed by atoms with van der Waals surface area (Å²) in [6, 6.07) is 3.86. The van der Waals surface area contributed by atoms with Crippen LogP contribution in [-0.2, 0) is 20.0 Å². The summed E-state index contributed by atoms with van der Waals surface area (Å²) in [4.78, 5) is 2.17. The second kappa shape index (κ2) is 5.16. The standard InChI is InChI=1S/C13H20N4O/c1-4-11-12(14)13(16(3)15-11)17(5-2)9-10-7-6-8-18-10/h6-8H,4-5,9,14H2,1-3H3. The summed E-state index contributed by atoms with van der Waals surface area (Å²) < 4.78 is 7.24. The molecule has 0 bridgehead atoms. The average Bonchev–Trinajstić information content (AvgIpc) is 2.95. The predicted octanol–water partition coefficient (Wildman–Crippen LogP) is 2.18. The third-order valence-electron chi connectivity index (χ3n) is 3.07. The van der Waals surface area contributed by atoms with Crippen LogP contribution in [0.3, 0.4) is 0 Å². The lowest BCUT2D eigenvalue weighted by Gasteiger charge is -2.22. The Bertz CT molecular complexity index is 501. The zero-order valence-corrected chi connectivity index (χ0v) is 11.2. The van der Waals surface area contributed by atoms with Crippen molar-refractivity contribution in [2.75, 3.05) is 17.2 Å². The normalized spacial score (nSPS) is 10.8. The van der Waals surface area contributed by atoms with Crippen molar-refractivity contribution in [1.29, 1.82) is 0 Å². The summed E-state index contributed by atoms with van der Waals surface area (Å²) >= 11 is 0. The molecular formula is C13H20N4O. The highest BCUT2D eigenvalue weighted by Crippen LogP contribution is 2.27. The largest absolute Gasteiger partial charge is 0.467 e. The van der Waals surface area contributed by atoms with Crippen LogP contribution in [0, 0.1) is 0 Å². The van der Waals surface area contributed by atoms with E-state index in [9.17, 15) is 0 Å². The van der Waals surface area contributed by atoms with Crippen LogP contribution >= 0.6 is 0 Å². The second-order valence-electron chi connectivity index (χ2n) is 4.25. The SMILES string of the molecule is CCc1nn(C)c(N(CC)Cc2ccco2)c1N. The summed E-state index contributed by atoms with van der Waals surface area (Å²) in [7, 11) is 1.93. The minimum Gasteiger partial charge on any atom is -0.467 e. The van der Waals surface area contributed by atoms with E-state index in [-0.39, 0.29) is 0 Å². The molecule has 5 heteroatoms. The number of nitrogens with zero attached hydrogens (tertiary/aromatic N) is 3. The maximum absolute atomic E-state index is 6.16. The Kier molecular flexibility index (Phi) is 3.60. The fourth-order valence-electron chi connectivity index (χ4n) is 2.15. The molecule has 5 nitrogen and oxygen atoms in total. The Hall–Kier alpha value is -1.91. The Morgan fingerprint density at radius 2 is 2.22 bits per heavy atom. The second-order valence-corrected chi connectivity index (χ2v) is 4.25. The molecule has 2 heterocycles. The summed E-state index contributed by atoms with van der Waals surface area (Å²) in [6.45, 7) is 5.72. The van der Waals surface area contributed by atoms with E-state index >= 15 is 0 Å². The van der Waals surface area contributed by atoms with E-state index in [1.807, 2.05) is 23.9 Å². The molecular weight excluding hydrogens is 228 g/mol. The summed E-state index contributed by atoms with van der Waals surface area (Å²) in [5.74, 6) is 1.89. The van der Waals surface area contributed by atoms with Gasteiger partial charge in [-0.3, -0.25) is 4.68 Å². The van der Waals surface area contributed by atoms with Gasteiger partial charge in [-0.1, -0.05) is 6.92 Å². The highest BCUT2D eigenvalue weighted by molar-refractivity contribution is 5.66. The Morgan fingerprint density at radius 3 is 2.72 bits per heavy atom. The van der Waals surface area contributed by atoms with Gasteiger partial charge in [0.25, 0.3) is 0 Å². The number of nitrogens with two attached hydrogens (primary N) is 1. The Morgan fingerprint density at radius 1 is 1.44 bits per heavy atom. The topological polar surface area (TPSA) is 60.2 Å². The Balaban J connectivity index is 2.30. The molecule has 98 valence electrons. The van der Waals surface area contributed by atoms with E-state index in [0.717, 1.165) is 35.9 Å². The van der Waals surface area contributed by atoms with Gasteiger partial charge in [-0.05, 0) is 25.5 Å². The van der Waals surface area contributed by atoms with Gasteiger partial charge in [0.05, 0.1) is 24.2 Å². The molecule has 0 aliphatic rings. The molecule has 18 heavy (non-hydrogen) atoms. The lowest BCUT2D eigenvalue weighted by molar-refractivity contribution is 0.501. The molecule has 2 aromatic heterocycles. The van der Waals surface area contributed by atoms with Crippen LogP contribution in [0.2, 0.25) is 0 Å². The highest BCUT2D eigenvalue weighted by Gasteiger charge is 2.18. The number of hydrogen-bond acceptors (Lipinski definition) is 4. The Labute approximate surface area is 107 Å². The first kappa shape index (κ1) is 12.5. The molecule has 0 atom stereocenters. The molecule has 0 unspecified atom stereocenters. The van der Waals surface area contributed by atoms with Gasteiger partial charge in [0.15, 0.2) is 5.82 Å². The minimum atomic E-state index is 0.705. The minimum absolute atomic E-state index is 0.705. The van der Waals surface area contributed by atoms with Crippen LogP contribution in [-0.4, -0.2) is 16.3 Å². The van der Waals surface area contributed by atoms with E-state index in [0.29, 0.717) is 6.54 Å². The van der Waals surface area contributed by atoms with Gasteiger partial charge in [0.1, 0.15) is 5.76 Å². The molecule has 0 aromatic carbocycles. The first-order valence-electron chi connectivity index (χ1n) is 6.26. The lowest BCUT2D eigenvalue weighted by atomic mass is 10.2. The first-order valence-corrected chi connectivity index (χ1v) is 6.26. The van der Waals surface area contributed by atoms with Crippen molar-refractivity contribution >= 4 is 11.5 Å². The quantitative estimate of drug-likeness (QED) is 0.881. The monoisotopic (exact) mass is 248 g/mol. The van der Waals surface area contributed by atoms with Gasteiger partial charge in [-0.15, -0.1) is 0 Å². The van der Waals surface area contributed by atoms with Gasteiger partial charge < -0.3 is 15.1 Å². The van der Waals surface area contributed by atoms with Crippen LogP contribution in [0.5, 0.6) is 0 Å². The van der Waals surface area contributed by atoms with Crippen molar-refractivity contribution in [3.8, 4) is 0 Å². The molecule has 2 aromatic rings. The molecule has 0 amide bonds. The number of hydrogen-bond donors (Lipinski definition) is 1. The summed E-state index contributed by atoms with van der Waals surface area (Å²) in [5, 5.41) is 4.45. The number of furan rings is 1. The van der Waals surface area contributed by atoms with Crippen molar-refractivity contribution in [1.82, 2.24) is 9.78 Å². The van der Waals surface area contributed by atoms with E-state index in [1.54, 1.807) is 6.26 Å². The predicted molar refractivity (Wildman–Crippen MR) is 72.4 cm³/mol. The van der Waals surface area contributed by atoms with Crippen molar-refractivity contribution < 1.29 is 4.42 Å². The molecule has 0 aliphatic heterocycles. The third kappa shape index (κ3) is 2.20. The fourth-order valence-corrected chi connectivity index (χ4v) is 2.15. The van der Waals surface area contributed by atoms with Crippen molar-refractivity contribution in [2.24, 2.45) is 7.05 Å². The number of aromatic nitrogens is 2. The van der Waals surface area contributed by atoms with Crippen molar-refractivity contribution in [3.05, 3.63) is 29.9 Å². The number of anilines is 2. The molecule has 2 N–H and O–H groups in total. The molecule has 0 saturated carbocycles. The van der Waals surface area contributed by atoms with Gasteiger partial charge in [0, 0.05) is 13.6 Å². The molecule has 0 aliphatic carbocycles. The van der Waals surface area contributed by atoms with E-state index in [4.69, 9.17) is 10.2 Å². The fraction of sp³-hybridized carbons (Fsp3) is 0.462. The molecule has 0 spiro atoms. The van der Waals surface area contributed by atoms with Crippen LogP contribution in [0.15, 0.2) is 22.8 Å². The lowest BCUT2D eigenvalue weighted by Crippen LogP contribution is -2.25. The zero-order valence-electron chi connectivity index (χ0n) is 11.2. The van der Waals surface area contributed by atoms with E-state index < -0.39 is 0 Å². The van der Waals surface area contributed by atoms with Crippen molar-refractivity contribution in [2.45, 2.75) is 26.8 Å². The summed E-state index contributed by atoms with van der Waals surface area (Å²) in [6.07, 6.45) is 2.53. The average molecular weight is 248 g/mol. The number of rotatable bonds is 5. The van der Waals surface area contributed by atoms with Gasteiger partial charge in [-0.25, -0.2) is 0 Å². The van der Waals surface area contributed by atoms with E-state index in [1.165, 1.54) is 0 Å². The zero-order chi connectivity index (χ0) is 13.1. The third-order valence-corrected chi connectivity index (χ3v) is 3.07. The van der Waals surface area contributed by atoms with E-state index in [2.05, 4.69) is 23.8 Å². The van der Waals surface area contributed by atoms with Gasteiger partial charge in [0.2, 0.25) is 0 Å². The molecule has 2 rings (SSSR count).